The quantitative estimate of drug-likeness (QED) is 0.640. The van der Waals surface area contributed by atoms with Crippen LogP contribution in [0.2, 0.25) is 0 Å². The standard InChI is InChI=1S/C9H16N2O3S/c1-2-11-6-9-5-10-4-7(14-9)3-8(9)15(11,12)13/h7-8,10H,2-6H2,1H3/t7-,8+,9+/m1/s1. The van der Waals surface area contributed by atoms with Gasteiger partial charge in [0, 0.05) is 26.2 Å². The second-order valence-corrected chi connectivity index (χ2v) is 6.75. The largest absolute Gasteiger partial charge is 0.366 e. The lowest BCUT2D eigenvalue weighted by molar-refractivity contribution is -0.0627. The van der Waals surface area contributed by atoms with Crippen LogP contribution in [-0.4, -0.2) is 55.9 Å². The molecule has 3 aliphatic heterocycles. The molecular weight excluding hydrogens is 216 g/mol. The van der Waals surface area contributed by atoms with E-state index >= 15 is 0 Å². The number of rotatable bonds is 1. The van der Waals surface area contributed by atoms with Crippen molar-refractivity contribution in [2.75, 3.05) is 26.2 Å². The maximum Gasteiger partial charge on any atom is 0.220 e. The second-order valence-electron chi connectivity index (χ2n) is 4.63. The van der Waals surface area contributed by atoms with Gasteiger partial charge in [0.2, 0.25) is 10.0 Å². The minimum absolute atomic E-state index is 0.0949. The number of likely N-dealkylation sites (N-methyl/N-ethyl adjacent to an activating group) is 1. The first-order chi connectivity index (χ1) is 7.08. The Kier molecular flexibility index (Phi) is 1.96. The van der Waals surface area contributed by atoms with Crippen LogP contribution in [0.1, 0.15) is 13.3 Å². The normalized spacial score (nSPS) is 48.1. The summed E-state index contributed by atoms with van der Waals surface area (Å²) in [7, 11) is -3.11. The highest BCUT2D eigenvalue weighted by atomic mass is 32.2. The van der Waals surface area contributed by atoms with E-state index in [1.165, 1.54) is 0 Å². The van der Waals surface area contributed by atoms with Crippen molar-refractivity contribution in [1.29, 1.82) is 0 Å². The van der Waals surface area contributed by atoms with Gasteiger partial charge in [0.25, 0.3) is 0 Å². The Morgan fingerprint density at radius 1 is 1.60 bits per heavy atom. The number of nitrogens with zero attached hydrogens (tertiary/aromatic N) is 1. The van der Waals surface area contributed by atoms with Crippen molar-refractivity contribution in [3.05, 3.63) is 0 Å². The molecule has 86 valence electrons. The van der Waals surface area contributed by atoms with E-state index in [9.17, 15) is 8.42 Å². The smallest absolute Gasteiger partial charge is 0.220 e. The summed E-state index contributed by atoms with van der Waals surface area (Å²) in [5.41, 5.74) is -0.461. The molecule has 0 aromatic carbocycles. The molecule has 15 heavy (non-hydrogen) atoms. The molecule has 0 aliphatic carbocycles. The Bertz CT molecular complexity index is 383. The molecule has 3 atom stereocenters. The number of morpholine rings is 1. The van der Waals surface area contributed by atoms with E-state index in [0.717, 1.165) is 6.54 Å². The Morgan fingerprint density at radius 2 is 2.40 bits per heavy atom. The number of hydrogen-bond donors (Lipinski definition) is 1. The van der Waals surface area contributed by atoms with E-state index in [-0.39, 0.29) is 11.4 Å². The average Bonchev–Trinajstić information content (AvgIpc) is 2.56. The Hall–Kier alpha value is -0.170. The fourth-order valence-electron chi connectivity index (χ4n) is 3.08. The first kappa shape index (κ1) is 10.0. The summed E-state index contributed by atoms with van der Waals surface area (Å²) >= 11 is 0. The average molecular weight is 232 g/mol. The highest BCUT2D eigenvalue weighted by Gasteiger charge is 2.63. The van der Waals surface area contributed by atoms with Gasteiger partial charge in [-0.15, -0.1) is 0 Å². The molecule has 3 fully saturated rings. The van der Waals surface area contributed by atoms with Crippen LogP contribution < -0.4 is 5.32 Å². The van der Waals surface area contributed by atoms with Gasteiger partial charge in [-0.05, 0) is 6.42 Å². The Labute approximate surface area is 89.8 Å². The Balaban J connectivity index is 2.02. The van der Waals surface area contributed by atoms with Gasteiger partial charge < -0.3 is 10.1 Å². The lowest BCUT2D eigenvalue weighted by atomic mass is 10.00. The highest BCUT2D eigenvalue weighted by Crippen LogP contribution is 2.44. The molecule has 0 unspecified atom stereocenters. The van der Waals surface area contributed by atoms with E-state index < -0.39 is 15.6 Å². The summed E-state index contributed by atoms with van der Waals surface area (Å²) in [6.45, 7) is 4.42. The fraction of sp³-hybridized carbons (Fsp3) is 1.00. The predicted molar refractivity (Wildman–Crippen MR) is 55.0 cm³/mol. The van der Waals surface area contributed by atoms with Gasteiger partial charge in [-0.3, -0.25) is 0 Å². The van der Waals surface area contributed by atoms with Crippen LogP contribution in [0.15, 0.2) is 0 Å². The van der Waals surface area contributed by atoms with Crippen molar-refractivity contribution >= 4 is 10.0 Å². The van der Waals surface area contributed by atoms with Crippen LogP contribution in [0, 0.1) is 0 Å². The van der Waals surface area contributed by atoms with E-state index in [1.54, 1.807) is 4.31 Å². The summed E-state index contributed by atoms with van der Waals surface area (Å²) < 4.78 is 31.8. The van der Waals surface area contributed by atoms with Crippen molar-refractivity contribution in [3.8, 4) is 0 Å². The minimum Gasteiger partial charge on any atom is -0.366 e. The monoisotopic (exact) mass is 232 g/mol. The zero-order valence-electron chi connectivity index (χ0n) is 8.77. The van der Waals surface area contributed by atoms with Crippen LogP contribution in [0.5, 0.6) is 0 Å². The summed E-state index contributed by atoms with van der Waals surface area (Å²) in [4.78, 5) is 0. The summed E-state index contributed by atoms with van der Waals surface area (Å²) in [6.07, 6.45) is 0.754. The molecule has 1 N–H and O–H groups in total. The molecule has 0 aromatic rings. The van der Waals surface area contributed by atoms with Gasteiger partial charge in [-0.25, -0.2) is 8.42 Å². The zero-order chi connectivity index (χ0) is 10.7. The molecule has 3 saturated heterocycles. The van der Waals surface area contributed by atoms with Crippen LogP contribution in [0.4, 0.5) is 0 Å². The van der Waals surface area contributed by atoms with E-state index in [2.05, 4.69) is 5.32 Å². The third kappa shape index (κ3) is 1.16. The van der Waals surface area contributed by atoms with Crippen molar-refractivity contribution < 1.29 is 13.2 Å². The molecular formula is C9H16N2O3S. The van der Waals surface area contributed by atoms with Crippen molar-refractivity contribution in [1.82, 2.24) is 9.62 Å². The topological polar surface area (TPSA) is 58.6 Å². The number of fused-ring (bicyclic) bond motifs is 1. The van der Waals surface area contributed by atoms with Crippen LogP contribution in [-0.2, 0) is 14.8 Å². The molecule has 3 aliphatic rings. The SMILES string of the molecule is CCN1C[C@@]23CNC[C@@H](C[C@@H]2S1(=O)=O)O3. The van der Waals surface area contributed by atoms with E-state index in [4.69, 9.17) is 4.74 Å². The molecule has 0 saturated carbocycles. The van der Waals surface area contributed by atoms with Gasteiger partial charge >= 0.3 is 0 Å². The number of hydrogen-bond acceptors (Lipinski definition) is 4. The molecule has 2 bridgehead atoms. The summed E-state index contributed by atoms with van der Waals surface area (Å²) in [5, 5.41) is 2.96. The van der Waals surface area contributed by atoms with Crippen LogP contribution in [0.25, 0.3) is 0 Å². The van der Waals surface area contributed by atoms with Gasteiger partial charge in [-0.2, -0.15) is 4.31 Å². The first-order valence-corrected chi connectivity index (χ1v) is 6.96. The molecule has 0 aromatic heterocycles. The third-order valence-electron chi connectivity index (χ3n) is 3.78. The second kappa shape index (κ2) is 2.94. The maximum atomic E-state index is 12.2. The van der Waals surface area contributed by atoms with Crippen molar-refractivity contribution in [2.45, 2.75) is 30.3 Å². The predicted octanol–water partition coefficient (Wildman–Crippen LogP) is -0.849. The molecule has 0 amide bonds. The van der Waals surface area contributed by atoms with Crippen molar-refractivity contribution in [3.63, 3.8) is 0 Å². The number of sulfonamides is 1. The van der Waals surface area contributed by atoms with E-state index in [1.807, 2.05) is 6.92 Å². The molecule has 3 heterocycles. The summed E-state index contributed by atoms with van der Waals surface area (Å²) in [6, 6.07) is 0. The Morgan fingerprint density at radius 3 is 3.13 bits per heavy atom. The van der Waals surface area contributed by atoms with Gasteiger partial charge in [0.15, 0.2) is 0 Å². The molecule has 1 spiro atoms. The fourth-order valence-corrected chi connectivity index (χ4v) is 5.42. The molecule has 5 nitrogen and oxygen atoms in total. The van der Waals surface area contributed by atoms with Crippen LogP contribution >= 0.6 is 0 Å². The van der Waals surface area contributed by atoms with Crippen molar-refractivity contribution in [2.24, 2.45) is 0 Å². The number of nitrogens with one attached hydrogen (secondary N) is 1. The molecule has 6 heteroatoms. The first-order valence-electron chi connectivity index (χ1n) is 5.46. The molecule has 0 radical (unpaired) electrons. The molecule has 3 rings (SSSR count). The minimum atomic E-state index is -3.11. The number of ether oxygens (including phenoxy) is 1. The summed E-state index contributed by atoms with van der Waals surface area (Å²) in [5.74, 6) is 0. The van der Waals surface area contributed by atoms with Crippen LogP contribution in [0.3, 0.4) is 0 Å². The lowest BCUT2D eigenvalue weighted by Gasteiger charge is -2.32. The third-order valence-corrected chi connectivity index (χ3v) is 6.23. The lowest BCUT2D eigenvalue weighted by Crippen LogP contribution is -2.53. The van der Waals surface area contributed by atoms with Gasteiger partial charge in [0.1, 0.15) is 10.9 Å². The maximum absolute atomic E-state index is 12.2. The highest BCUT2D eigenvalue weighted by molar-refractivity contribution is 7.90. The van der Waals surface area contributed by atoms with Gasteiger partial charge in [0.05, 0.1) is 6.10 Å². The van der Waals surface area contributed by atoms with E-state index in [0.29, 0.717) is 26.1 Å². The van der Waals surface area contributed by atoms with Gasteiger partial charge in [-0.1, -0.05) is 6.92 Å². The zero-order valence-corrected chi connectivity index (χ0v) is 9.59.